The monoisotopic (exact) mass is 385 g/mol. The molecule has 3 aromatic rings. The second kappa shape index (κ2) is 7.61. The SMILES string of the molecule is Cc1cc(Cl)cc(C(=O)O)c1N=Cc1c[nH]n(-c2ccc(CO)cc2)c1=O. The van der Waals surface area contributed by atoms with E-state index in [-0.39, 0.29) is 29.0 Å². The molecule has 2 aromatic carbocycles. The third-order valence-electron chi connectivity index (χ3n) is 4.00. The predicted octanol–water partition coefficient (Wildman–Crippen LogP) is 3.07. The summed E-state index contributed by atoms with van der Waals surface area (Å²) in [4.78, 5) is 28.2. The molecule has 0 aliphatic carbocycles. The van der Waals surface area contributed by atoms with E-state index in [9.17, 15) is 14.7 Å². The number of halogens is 1. The second-order valence-electron chi connectivity index (χ2n) is 5.88. The van der Waals surface area contributed by atoms with Crippen LogP contribution in [0.2, 0.25) is 5.02 Å². The summed E-state index contributed by atoms with van der Waals surface area (Å²) in [6.07, 6.45) is 2.80. The smallest absolute Gasteiger partial charge is 0.337 e. The molecule has 138 valence electrons. The summed E-state index contributed by atoms with van der Waals surface area (Å²) in [5.74, 6) is -1.15. The van der Waals surface area contributed by atoms with Gasteiger partial charge in [0.15, 0.2) is 0 Å². The second-order valence-corrected chi connectivity index (χ2v) is 6.31. The van der Waals surface area contributed by atoms with Crippen LogP contribution in [0.15, 0.2) is 52.4 Å². The summed E-state index contributed by atoms with van der Waals surface area (Å²) in [5.41, 5.74) is 2.07. The Morgan fingerprint density at radius 1 is 1.30 bits per heavy atom. The van der Waals surface area contributed by atoms with Crippen LogP contribution in [-0.4, -0.2) is 32.2 Å². The minimum absolute atomic E-state index is 0.0355. The zero-order valence-electron chi connectivity index (χ0n) is 14.3. The number of aromatic carboxylic acids is 1. The Balaban J connectivity index is 1.97. The van der Waals surface area contributed by atoms with Crippen LogP contribution in [-0.2, 0) is 6.61 Å². The van der Waals surface area contributed by atoms with Gasteiger partial charge in [0, 0.05) is 17.4 Å². The van der Waals surface area contributed by atoms with E-state index >= 15 is 0 Å². The number of hydrogen-bond acceptors (Lipinski definition) is 4. The zero-order chi connectivity index (χ0) is 19.6. The van der Waals surface area contributed by atoms with Crippen LogP contribution in [0.4, 0.5) is 5.69 Å². The molecule has 27 heavy (non-hydrogen) atoms. The van der Waals surface area contributed by atoms with Crippen molar-refractivity contribution in [2.24, 2.45) is 4.99 Å². The van der Waals surface area contributed by atoms with Gasteiger partial charge < -0.3 is 10.2 Å². The van der Waals surface area contributed by atoms with E-state index in [0.717, 1.165) is 5.56 Å². The topological polar surface area (TPSA) is 108 Å². The molecule has 0 aliphatic rings. The Labute approximate surface area is 159 Å². The summed E-state index contributed by atoms with van der Waals surface area (Å²) >= 11 is 5.91. The van der Waals surface area contributed by atoms with Gasteiger partial charge in [-0.3, -0.25) is 14.9 Å². The van der Waals surface area contributed by atoms with E-state index < -0.39 is 5.97 Å². The van der Waals surface area contributed by atoms with Crippen LogP contribution in [0.5, 0.6) is 0 Å². The summed E-state index contributed by atoms with van der Waals surface area (Å²) in [7, 11) is 0. The Morgan fingerprint density at radius 3 is 2.63 bits per heavy atom. The number of H-pyrrole nitrogens is 1. The number of carboxylic acids is 1. The highest BCUT2D eigenvalue weighted by atomic mass is 35.5. The quantitative estimate of drug-likeness (QED) is 0.586. The van der Waals surface area contributed by atoms with E-state index in [1.54, 1.807) is 37.3 Å². The molecule has 0 fully saturated rings. The highest BCUT2D eigenvalue weighted by Crippen LogP contribution is 2.28. The van der Waals surface area contributed by atoms with Crippen LogP contribution in [0.25, 0.3) is 5.69 Å². The van der Waals surface area contributed by atoms with Gasteiger partial charge in [0.05, 0.1) is 29.1 Å². The van der Waals surface area contributed by atoms with Crippen LogP contribution >= 0.6 is 11.6 Å². The number of nitrogens with zero attached hydrogens (tertiary/aromatic N) is 2. The number of aliphatic imine (C=N–C) groups is 1. The Bertz CT molecular complexity index is 1080. The molecule has 3 N–H and O–H groups in total. The lowest BCUT2D eigenvalue weighted by Gasteiger charge is -2.05. The first-order valence-corrected chi connectivity index (χ1v) is 8.36. The standard InChI is InChI=1S/C19H16ClN3O4/c1-11-6-14(20)7-16(19(26)27)17(11)21-8-13-9-22-23(18(13)25)15-4-2-12(10-24)3-5-15/h2-9,22,24H,10H2,1H3,(H,26,27). The van der Waals surface area contributed by atoms with Gasteiger partial charge in [-0.25, -0.2) is 9.48 Å². The number of rotatable bonds is 5. The molecule has 0 bridgehead atoms. The van der Waals surface area contributed by atoms with Crippen LogP contribution in [0, 0.1) is 6.92 Å². The van der Waals surface area contributed by atoms with Gasteiger partial charge in [0.1, 0.15) is 0 Å². The predicted molar refractivity (Wildman–Crippen MR) is 103 cm³/mol. The summed E-state index contributed by atoms with van der Waals surface area (Å²) in [6.45, 7) is 1.62. The number of hydrogen-bond donors (Lipinski definition) is 3. The Kier molecular flexibility index (Phi) is 5.25. The molecular formula is C19H16ClN3O4. The molecule has 1 heterocycles. The molecule has 3 rings (SSSR count). The van der Waals surface area contributed by atoms with Crippen molar-refractivity contribution in [2.45, 2.75) is 13.5 Å². The van der Waals surface area contributed by atoms with Crippen molar-refractivity contribution in [2.75, 3.05) is 0 Å². The summed E-state index contributed by atoms with van der Waals surface area (Å²) in [5, 5.41) is 21.6. The van der Waals surface area contributed by atoms with Crippen molar-refractivity contribution in [3.63, 3.8) is 0 Å². The van der Waals surface area contributed by atoms with Crippen LogP contribution in [0.1, 0.15) is 27.0 Å². The molecule has 1 aromatic heterocycles. The Hall–Kier alpha value is -3.16. The molecule has 0 spiro atoms. The van der Waals surface area contributed by atoms with Crippen molar-refractivity contribution in [1.82, 2.24) is 9.78 Å². The van der Waals surface area contributed by atoms with Crippen molar-refractivity contribution in [3.05, 3.63) is 80.2 Å². The fraction of sp³-hybridized carbons (Fsp3) is 0.105. The lowest BCUT2D eigenvalue weighted by atomic mass is 10.1. The van der Waals surface area contributed by atoms with E-state index in [1.165, 1.54) is 23.2 Å². The molecule has 0 unspecified atom stereocenters. The number of aryl methyl sites for hydroxylation is 1. The van der Waals surface area contributed by atoms with E-state index in [4.69, 9.17) is 16.7 Å². The number of aromatic nitrogens is 2. The maximum atomic E-state index is 12.6. The normalized spacial score (nSPS) is 11.2. The molecule has 0 atom stereocenters. The highest BCUT2D eigenvalue weighted by molar-refractivity contribution is 6.31. The molecule has 8 heteroatoms. The average molecular weight is 386 g/mol. The number of carbonyl (C=O) groups is 1. The Morgan fingerprint density at radius 2 is 2.00 bits per heavy atom. The van der Waals surface area contributed by atoms with E-state index in [0.29, 0.717) is 16.3 Å². The lowest BCUT2D eigenvalue weighted by Crippen LogP contribution is -2.17. The molecule has 0 radical (unpaired) electrons. The molecule has 0 saturated heterocycles. The lowest BCUT2D eigenvalue weighted by molar-refractivity contribution is 0.0697. The minimum atomic E-state index is -1.15. The van der Waals surface area contributed by atoms with Crippen LogP contribution in [0.3, 0.4) is 0 Å². The van der Waals surface area contributed by atoms with E-state index in [1.807, 2.05) is 0 Å². The molecule has 0 saturated carbocycles. The fourth-order valence-electron chi connectivity index (χ4n) is 2.62. The first-order valence-electron chi connectivity index (χ1n) is 7.99. The zero-order valence-corrected chi connectivity index (χ0v) is 15.1. The number of nitrogens with one attached hydrogen (secondary N) is 1. The van der Waals surface area contributed by atoms with Gasteiger partial charge in [0.25, 0.3) is 5.56 Å². The van der Waals surface area contributed by atoms with Gasteiger partial charge in [-0.2, -0.15) is 0 Å². The summed E-state index contributed by atoms with van der Waals surface area (Å²) < 4.78 is 1.33. The van der Waals surface area contributed by atoms with Gasteiger partial charge >= 0.3 is 5.97 Å². The van der Waals surface area contributed by atoms with Crippen molar-refractivity contribution in [1.29, 1.82) is 0 Å². The fourth-order valence-corrected chi connectivity index (χ4v) is 2.90. The first-order chi connectivity index (χ1) is 12.9. The third-order valence-corrected chi connectivity index (χ3v) is 4.22. The number of aliphatic hydroxyl groups is 1. The van der Waals surface area contributed by atoms with Crippen molar-refractivity contribution >= 4 is 29.5 Å². The maximum Gasteiger partial charge on any atom is 0.337 e. The largest absolute Gasteiger partial charge is 0.478 e. The number of carboxylic acid groups (broad SMARTS) is 1. The third kappa shape index (κ3) is 3.84. The van der Waals surface area contributed by atoms with Gasteiger partial charge in [-0.05, 0) is 42.3 Å². The number of benzene rings is 2. The molecule has 0 amide bonds. The number of aliphatic hydroxyl groups excluding tert-OH is 1. The molecule has 0 aliphatic heterocycles. The van der Waals surface area contributed by atoms with Crippen LogP contribution < -0.4 is 5.56 Å². The number of aromatic amines is 1. The summed E-state index contributed by atoms with van der Waals surface area (Å²) in [6, 6.07) is 9.77. The maximum absolute atomic E-state index is 12.6. The highest BCUT2D eigenvalue weighted by Gasteiger charge is 2.14. The van der Waals surface area contributed by atoms with Gasteiger partial charge in [-0.15, -0.1) is 0 Å². The van der Waals surface area contributed by atoms with E-state index in [2.05, 4.69) is 10.1 Å². The van der Waals surface area contributed by atoms with Gasteiger partial charge in [0.2, 0.25) is 0 Å². The molecule has 7 nitrogen and oxygen atoms in total. The average Bonchev–Trinajstić information content (AvgIpc) is 3.01. The first kappa shape index (κ1) is 18.6. The molecular weight excluding hydrogens is 370 g/mol. The van der Waals surface area contributed by atoms with Gasteiger partial charge in [-0.1, -0.05) is 23.7 Å². The van der Waals surface area contributed by atoms with Crippen molar-refractivity contribution < 1.29 is 15.0 Å². The van der Waals surface area contributed by atoms with Crippen molar-refractivity contribution in [3.8, 4) is 5.69 Å². The minimum Gasteiger partial charge on any atom is -0.478 e.